The molecule has 1 heterocycles. The minimum absolute atomic E-state index is 0.0753. The minimum Gasteiger partial charge on any atom is -0.493 e. The topological polar surface area (TPSA) is 219 Å². The van der Waals surface area contributed by atoms with Crippen LogP contribution in [0, 0.1) is 0 Å². The number of unbranched alkanes of at least 4 members (excludes halogenated alkanes) is 4. The van der Waals surface area contributed by atoms with Crippen molar-refractivity contribution in [3.8, 4) is 17.2 Å². The van der Waals surface area contributed by atoms with Crippen LogP contribution < -0.4 is 36.3 Å². The fraction of sp³-hybridized carbons (Fsp3) is 0.692. The number of amides is 2. The highest BCUT2D eigenvalue weighted by molar-refractivity contribution is 5.83. The molecular formula is C39H66N6O11. The first-order valence-electron chi connectivity index (χ1n) is 19.6. The van der Waals surface area contributed by atoms with Crippen molar-refractivity contribution in [2.24, 2.45) is 0 Å². The number of nitrogens with one attached hydrogen (secondary N) is 2. The van der Waals surface area contributed by atoms with Crippen molar-refractivity contribution >= 4 is 23.6 Å². The highest BCUT2D eigenvalue weighted by atomic mass is 16.6. The highest BCUT2D eigenvalue weighted by Gasteiger charge is 2.16. The van der Waals surface area contributed by atoms with Crippen molar-refractivity contribution in [3.63, 3.8) is 0 Å². The van der Waals surface area contributed by atoms with Gasteiger partial charge in [0, 0.05) is 50.7 Å². The molecule has 6 N–H and O–H groups in total. The fourth-order valence-electron chi connectivity index (χ4n) is 5.12. The maximum absolute atomic E-state index is 12.2. The van der Waals surface area contributed by atoms with Gasteiger partial charge < -0.3 is 64.7 Å². The van der Waals surface area contributed by atoms with E-state index in [1.807, 2.05) is 12.1 Å². The van der Waals surface area contributed by atoms with Crippen molar-refractivity contribution < 1.29 is 52.2 Å². The van der Waals surface area contributed by atoms with E-state index in [2.05, 4.69) is 27.5 Å². The largest absolute Gasteiger partial charge is 0.493 e. The van der Waals surface area contributed by atoms with E-state index in [4.69, 9.17) is 54.1 Å². The lowest BCUT2D eigenvalue weighted by Crippen LogP contribution is -2.30. The van der Waals surface area contributed by atoms with Crippen LogP contribution in [0.5, 0.6) is 17.2 Å². The molecular weight excluding hydrogens is 728 g/mol. The number of ether oxygens (including phenoxy) is 9. The lowest BCUT2D eigenvalue weighted by molar-refractivity contribution is -0.126. The molecule has 56 heavy (non-hydrogen) atoms. The zero-order valence-corrected chi connectivity index (χ0v) is 33.7. The van der Waals surface area contributed by atoms with Gasteiger partial charge in [0.2, 0.25) is 23.5 Å². The molecule has 17 nitrogen and oxygen atoms in total. The van der Waals surface area contributed by atoms with Crippen LogP contribution in [0.3, 0.4) is 0 Å². The Labute approximate surface area is 332 Å². The van der Waals surface area contributed by atoms with E-state index in [0.29, 0.717) is 134 Å². The second kappa shape index (κ2) is 32.1. The van der Waals surface area contributed by atoms with E-state index in [0.717, 1.165) is 18.6 Å². The van der Waals surface area contributed by atoms with Crippen LogP contribution in [0.2, 0.25) is 0 Å². The number of carbonyl (C=O) groups excluding carboxylic acids is 2. The molecule has 0 unspecified atom stereocenters. The molecule has 0 fully saturated rings. The number of hydrogen-bond donors (Lipinski definition) is 4. The van der Waals surface area contributed by atoms with Crippen LogP contribution in [0.4, 0.5) is 11.8 Å². The molecule has 2 aromatic rings. The number of methoxy groups -OCH3 is 2. The van der Waals surface area contributed by atoms with E-state index in [9.17, 15) is 9.59 Å². The number of nitrogen functional groups attached to an aromatic ring is 2. The fourth-order valence-corrected chi connectivity index (χ4v) is 5.12. The third kappa shape index (κ3) is 23.2. The summed E-state index contributed by atoms with van der Waals surface area (Å²) in [6, 6.07) is 3.65. The molecule has 0 saturated carbocycles. The van der Waals surface area contributed by atoms with Gasteiger partial charge in [-0.3, -0.25) is 9.59 Å². The molecule has 0 aliphatic carbocycles. The van der Waals surface area contributed by atoms with E-state index in [-0.39, 0.29) is 30.6 Å². The first-order valence-corrected chi connectivity index (χ1v) is 19.6. The summed E-state index contributed by atoms with van der Waals surface area (Å²) >= 11 is 0. The van der Waals surface area contributed by atoms with E-state index in [1.54, 1.807) is 6.20 Å². The van der Waals surface area contributed by atoms with Gasteiger partial charge in [-0.05, 0) is 30.5 Å². The monoisotopic (exact) mass is 794 g/mol. The molecule has 0 spiro atoms. The summed E-state index contributed by atoms with van der Waals surface area (Å²) in [5.41, 5.74) is 13.2. The smallest absolute Gasteiger partial charge is 0.221 e. The molecule has 0 atom stereocenters. The van der Waals surface area contributed by atoms with Gasteiger partial charge in [0.15, 0.2) is 11.5 Å². The average Bonchev–Trinajstić information content (AvgIpc) is 3.19. The summed E-state index contributed by atoms with van der Waals surface area (Å²) in [6.45, 7) is 9.37. The maximum atomic E-state index is 12.2. The SMILES string of the molecule is CCCCCCCOCCOCCOCCOCCOCCOCCNC(=O)CCC(=O)NCCCOc1c(OC)cc(Cc2cnc(N)nc2N)cc1OC. The summed E-state index contributed by atoms with van der Waals surface area (Å²) in [4.78, 5) is 32.4. The summed E-state index contributed by atoms with van der Waals surface area (Å²) in [7, 11) is 3.08. The normalized spacial score (nSPS) is 11.1. The Morgan fingerprint density at radius 1 is 0.625 bits per heavy atom. The minimum atomic E-state index is -0.223. The van der Waals surface area contributed by atoms with Gasteiger partial charge in [-0.25, -0.2) is 4.98 Å². The van der Waals surface area contributed by atoms with Gasteiger partial charge in [0.05, 0.1) is 93.5 Å². The number of benzene rings is 1. The van der Waals surface area contributed by atoms with Crippen LogP contribution in [-0.4, -0.2) is 135 Å². The van der Waals surface area contributed by atoms with Gasteiger partial charge in [-0.15, -0.1) is 0 Å². The molecule has 0 bridgehead atoms. The molecule has 1 aromatic heterocycles. The van der Waals surface area contributed by atoms with Crippen molar-refractivity contribution in [2.45, 2.75) is 64.7 Å². The Bertz CT molecular complexity index is 1320. The lowest BCUT2D eigenvalue weighted by atomic mass is 10.1. The third-order valence-electron chi connectivity index (χ3n) is 8.12. The molecule has 0 saturated heterocycles. The third-order valence-corrected chi connectivity index (χ3v) is 8.12. The van der Waals surface area contributed by atoms with Crippen molar-refractivity contribution in [1.29, 1.82) is 0 Å². The first-order chi connectivity index (χ1) is 27.4. The molecule has 2 amide bonds. The summed E-state index contributed by atoms with van der Waals surface area (Å²) < 4.78 is 50.0. The van der Waals surface area contributed by atoms with Gasteiger partial charge >= 0.3 is 0 Å². The van der Waals surface area contributed by atoms with Crippen LogP contribution >= 0.6 is 0 Å². The van der Waals surface area contributed by atoms with Crippen molar-refractivity contribution in [1.82, 2.24) is 20.6 Å². The second-order valence-corrected chi connectivity index (χ2v) is 12.6. The second-order valence-electron chi connectivity index (χ2n) is 12.6. The molecule has 17 heteroatoms. The van der Waals surface area contributed by atoms with E-state index >= 15 is 0 Å². The Kier molecular flexibility index (Phi) is 27.6. The van der Waals surface area contributed by atoms with Gasteiger partial charge in [0.25, 0.3) is 0 Å². The zero-order chi connectivity index (χ0) is 40.5. The Hall–Kier alpha value is -4.00. The first kappa shape index (κ1) is 48.1. The Balaban J connectivity index is 1.38. The van der Waals surface area contributed by atoms with Crippen LogP contribution in [0.15, 0.2) is 18.3 Å². The maximum Gasteiger partial charge on any atom is 0.221 e. The number of nitrogens with two attached hydrogens (primary N) is 2. The molecule has 318 valence electrons. The zero-order valence-electron chi connectivity index (χ0n) is 33.7. The predicted octanol–water partition coefficient (Wildman–Crippen LogP) is 3.10. The highest BCUT2D eigenvalue weighted by Crippen LogP contribution is 2.39. The van der Waals surface area contributed by atoms with E-state index in [1.165, 1.54) is 39.9 Å². The van der Waals surface area contributed by atoms with Crippen molar-refractivity contribution in [3.05, 3.63) is 29.5 Å². The van der Waals surface area contributed by atoms with Gasteiger partial charge in [-0.1, -0.05) is 32.6 Å². The van der Waals surface area contributed by atoms with E-state index < -0.39 is 0 Å². The lowest BCUT2D eigenvalue weighted by Gasteiger charge is -2.16. The Morgan fingerprint density at radius 3 is 1.64 bits per heavy atom. The number of rotatable bonds is 36. The van der Waals surface area contributed by atoms with Gasteiger partial charge in [-0.2, -0.15) is 4.98 Å². The number of aromatic nitrogens is 2. The quantitative estimate of drug-likeness (QED) is 0.0729. The van der Waals surface area contributed by atoms with Crippen molar-refractivity contribution in [2.75, 3.05) is 125 Å². The molecule has 0 radical (unpaired) electrons. The van der Waals surface area contributed by atoms with Gasteiger partial charge in [0.1, 0.15) is 5.82 Å². The number of anilines is 2. The number of hydrogen-bond acceptors (Lipinski definition) is 15. The Morgan fingerprint density at radius 2 is 1.12 bits per heavy atom. The number of carbonyl (C=O) groups is 2. The summed E-state index contributed by atoms with van der Waals surface area (Å²) in [5.74, 6) is 1.38. The summed E-state index contributed by atoms with van der Waals surface area (Å²) in [5, 5.41) is 5.56. The average molecular weight is 795 g/mol. The summed E-state index contributed by atoms with van der Waals surface area (Å²) in [6.07, 6.45) is 8.90. The van der Waals surface area contributed by atoms with Crippen LogP contribution in [0.1, 0.15) is 69.4 Å². The van der Waals surface area contributed by atoms with Crippen LogP contribution in [0.25, 0.3) is 0 Å². The molecule has 0 aliphatic heterocycles. The standard InChI is InChI=1S/C39H66N6O11/c1-4-5-6-7-8-14-50-17-19-52-21-23-54-25-26-55-24-22-53-20-18-51-16-13-43-36(47)11-10-35(46)42-12-9-15-56-37-33(48-2)28-31(29-34(37)49-3)27-32-30-44-39(41)45-38(32)40/h28-30H,4-27H2,1-3H3,(H,42,46)(H,43,47)(H4,40,41,44,45). The molecule has 2 rings (SSSR count). The number of nitrogens with zero attached hydrogens (tertiary/aromatic N) is 2. The molecule has 0 aliphatic rings. The molecule has 1 aromatic carbocycles. The predicted molar refractivity (Wildman–Crippen MR) is 212 cm³/mol. The van der Waals surface area contributed by atoms with Crippen LogP contribution in [-0.2, 0) is 44.4 Å².